The molecule has 0 aromatic carbocycles. The Balaban J connectivity index is 2.21. The summed E-state index contributed by atoms with van der Waals surface area (Å²) in [6.45, 7) is 5.95. The van der Waals surface area contributed by atoms with E-state index in [1.54, 1.807) is 11.7 Å². The van der Waals surface area contributed by atoms with E-state index in [4.69, 9.17) is 4.42 Å². The van der Waals surface area contributed by atoms with Crippen LogP contribution in [0.4, 0.5) is 0 Å². The summed E-state index contributed by atoms with van der Waals surface area (Å²) in [6.07, 6.45) is 3.39. The quantitative estimate of drug-likeness (QED) is 0.895. The maximum absolute atomic E-state index is 12.3. The lowest BCUT2D eigenvalue weighted by molar-refractivity contribution is 0.0915. The van der Waals surface area contributed by atoms with E-state index >= 15 is 0 Å². The molecule has 0 aliphatic rings. The number of amides is 1. The first-order valence-corrected chi connectivity index (χ1v) is 6.61. The molecule has 20 heavy (non-hydrogen) atoms. The standard InChI is InChI=1S/C13H19N5O2/c1-5-9-11(15-7-20-9)13(19)17-10(8(2)3)12-14-6-16-18(12)4/h6-8,10H,5H2,1-4H3,(H,17,19)/t10-/m1/s1. The summed E-state index contributed by atoms with van der Waals surface area (Å²) in [4.78, 5) is 20.5. The second-order valence-corrected chi connectivity index (χ2v) is 4.91. The molecule has 0 bridgehead atoms. The van der Waals surface area contributed by atoms with Gasteiger partial charge in [-0.05, 0) is 5.92 Å². The SMILES string of the molecule is CCc1ocnc1C(=O)N[C@@H](c1ncnn1C)C(C)C. The van der Waals surface area contributed by atoms with Crippen LogP contribution in [0.3, 0.4) is 0 Å². The van der Waals surface area contributed by atoms with E-state index in [0.717, 1.165) is 5.82 Å². The van der Waals surface area contributed by atoms with Crippen molar-refractivity contribution in [3.05, 3.63) is 30.0 Å². The monoisotopic (exact) mass is 277 g/mol. The summed E-state index contributed by atoms with van der Waals surface area (Å²) in [5.41, 5.74) is 0.334. The predicted molar refractivity (Wildman–Crippen MR) is 71.9 cm³/mol. The highest BCUT2D eigenvalue weighted by Crippen LogP contribution is 2.20. The van der Waals surface area contributed by atoms with Crippen LogP contribution in [-0.2, 0) is 13.5 Å². The topological polar surface area (TPSA) is 85.8 Å². The van der Waals surface area contributed by atoms with Crippen LogP contribution in [-0.4, -0.2) is 25.7 Å². The molecular formula is C13H19N5O2. The Morgan fingerprint density at radius 1 is 1.45 bits per heavy atom. The fraction of sp³-hybridized carbons (Fsp3) is 0.538. The third kappa shape index (κ3) is 2.71. The van der Waals surface area contributed by atoms with E-state index in [-0.39, 0.29) is 17.9 Å². The number of nitrogens with zero attached hydrogens (tertiary/aromatic N) is 4. The van der Waals surface area contributed by atoms with Gasteiger partial charge in [0.25, 0.3) is 5.91 Å². The lowest BCUT2D eigenvalue weighted by Crippen LogP contribution is -2.34. The van der Waals surface area contributed by atoms with Crippen molar-refractivity contribution >= 4 is 5.91 Å². The van der Waals surface area contributed by atoms with Crippen LogP contribution in [0.2, 0.25) is 0 Å². The molecule has 0 unspecified atom stereocenters. The van der Waals surface area contributed by atoms with E-state index in [1.165, 1.54) is 12.7 Å². The highest BCUT2D eigenvalue weighted by atomic mass is 16.3. The summed E-state index contributed by atoms with van der Waals surface area (Å²) in [5.74, 6) is 1.23. The molecule has 2 rings (SSSR count). The van der Waals surface area contributed by atoms with Crippen molar-refractivity contribution in [1.29, 1.82) is 0 Å². The van der Waals surface area contributed by atoms with Gasteiger partial charge in [0.2, 0.25) is 0 Å². The van der Waals surface area contributed by atoms with Gasteiger partial charge in [0.1, 0.15) is 17.9 Å². The fourth-order valence-electron chi connectivity index (χ4n) is 2.03. The normalized spacial score (nSPS) is 12.7. The zero-order valence-corrected chi connectivity index (χ0v) is 12.1. The van der Waals surface area contributed by atoms with Crippen LogP contribution in [0, 0.1) is 5.92 Å². The van der Waals surface area contributed by atoms with Crippen LogP contribution in [0.1, 0.15) is 48.9 Å². The number of rotatable bonds is 5. The van der Waals surface area contributed by atoms with E-state index in [1.807, 2.05) is 20.8 Å². The number of hydrogen-bond acceptors (Lipinski definition) is 5. The van der Waals surface area contributed by atoms with Crippen LogP contribution in [0.25, 0.3) is 0 Å². The van der Waals surface area contributed by atoms with Crippen molar-refractivity contribution in [2.24, 2.45) is 13.0 Å². The molecule has 0 radical (unpaired) electrons. The number of carbonyl (C=O) groups excluding carboxylic acids is 1. The molecule has 2 aromatic rings. The summed E-state index contributed by atoms with van der Waals surface area (Å²) >= 11 is 0. The van der Waals surface area contributed by atoms with Crippen molar-refractivity contribution < 1.29 is 9.21 Å². The van der Waals surface area contributed by atoms with Gasteiger partial charge in [0, 0.05) is 13.5 Å². The van der Waals surface area contributed by atoms with Crippen LogP contribution in [0.5, 0.6) is 0 Å². The van der Waals surface area contributed by atoms with Crippen LogP contribution < -0.4 is 5.32 Å². The largest absolute Gasteiger partial charge is 0.448 e. The van der Waals surface area contributed by atoms with Gasteiger partial charge in [0.15, 0.2) is 12.1 Å². The molecule has 7 nitrogen and oxygen atoms in total. The maximum Gasteiger partial charge on any atom is 0.274 e. The molecule has 0 saturated carbocycles. The second-order valence-electron chi connectivity index (χ2n) is 4.91. The molecule has 0 aliphatic heterocycles. The Morgan fingerprint density at radius 2 is 2.20 bits per heavy atom. The van der Waals surface area contributed by atoms with Gasteiger partial charge in [-0.15, -0.1) is 0 Å². The molecule has 2 heterocycles. The minimum atomic E-state index is -0.252. The highest BCUT2D eigenvalue weighted by molar-refractivity contribution is 5.93. The molecule has 7 heteroatoms. The zero-order chi connectivity index (χ0) is 14.7. The van der Waals surface area contributed by atoms with Gasteiger partial charge in [0.05, 0.1) is 6.04 Å². The number of hydrogen-bond donors (Lipinski definition) is 1. The zero-order valence-electron chi connectivity index (χ0n) is 12.1. The number of oxazole rings is 1. The molecule has 1 atom stereocenters. The smallest absolute Gasteiger partial charge is 0.274 e. The highest BCUT2D eigenvalue weighted by Gasteiger charge is 2.25. The molecule has 2 aromatic heterocycles. The first-order chi connectivity index (χ1) is 9.54. The van der Waals surface area contributed by atoms with Gasteiger partial charge in [-0.25, -0.2) is 9.97 Å². The van der Waals surface area contributed by atoms with Crippen molar-refractivity contribution in [3.63, 3.8) is 0 Å². The van der Waals surface area contributed by atoms with Gasteiger partial charge in [-0.2, -0.15) is 5.10 Å². The number of carbonyl (C=O) groups is 1. The molecule has 1 amide bonds. The van der Waals surface area contributed by atoms with E-state index < -0.39 is 0 Å². The predicted octanol–water partition coefficient (Wildman–Crippen LogP) is 1.49. The molecule has 108 valence electrons. The summed E-state index contributed by atoms with van der Waals surface area (Å²) in [6, 6.07) is -0.226. The summed E-state index contributed by atoms with van der Waals surface area (Å²) in [5, 5.41) is 7.00. The number of aromatic nitrogens is 4. The summed E-state index contributed by atoms with van der Waals surface area (Å²) < 4.78 is 6.85. The number of aryl methyl sites for hydroxylation is 2. The van der Waals surface area contributed by atoms with Crippen LogP contribution in [0.15, 0.2) is 17.1 Å². The maximum atomic E-state index is 12.3. The molecule has 0 fully saturated rings. The molecule has 0 aliphatic carbocycles. The first-order valence-electron chi connectivity index (χ1n) is 6.61. The number of nitrogens with one attached hydrogen (secondary N) is 1. The lowest BCUT2D eigenvalue weighted by Gasteiger charge is -2.21. The van der Waals surface area contributed by atoms with Crippen molar-refractivity contribution in [1.82, 2.24) is 25.1 Å². The summed E-state index contributed by atoms with van der Waals surface area (Å²) in [7, 11) is 1.80. The van der Waals surface area contributed by atoms with Gasteiger partial charge < -0.3 is 9.73 Å². The minimum absolute atomic E-state index is 0.179. The Morgan fingerprint density at radius 3 is 2.75 bits per heavy atom. The molecular weight excluding hydrogens is 258 g/mol. The van der Waals surface area contributed by atoms with Crippen molar-refractivity contribution in [2.45, 2.75) is 33.2 Å². The average molecular weight is 277 g/mol. The fourth-order valence-corrected chi connectivity index (χ4v) is 2.03. The van der Waals surface area contributed by atoms with Gasteiger partial charge in [-0.3, -0.25) is 9.48 Å². The Hall–Kier alpha value is -2.18. The Kier molecular flexibility index (Phi) is 4.16. The third-order valence-corrected chi connectivity index (χ3v) is 3.15. The Labute approximate surface area is 117 Å². The third-order valence-electron chi connectivity index (χ3n) is 3.15. The van der Waals surface area contributed by atoms with Crippen molar-refractivity contribution in [3.8, 4) is 0 Å². The Bertz CT molecular complexity index is 587. The average Bonchev–Trinajstić information content (AvgIpc) is 3.03. The molecule has 0 saturated heterocycles. The minimum Gasteiger partial charge on any atom is -0.448 e. The lowest BCUT2D eigenvalue weighted by atomic mass is 10.0. The van der Waals surface area contributed by atoms with E-state index in [9.17, 15) is 4.79 Å². The van der Waals surface area contributed by atoms with Crippen molar-refractivity contribution in [2.75, 3.05) is 0 Å². The molecule has 1 N–H and O–H groups in total. The van der Waals surface area contributed by atoms with Gasteiger partial charge >= 0.3 is 0 Å². The molecule has 0 spiro atoms. The van der Waals surface area contributed by atoms with E-state index in [0.29, 0.717) is 17.9 Å². The first kappa shape index (κ1) is 14.2. The van der Waals surface area contributed by atoms with E-state index in [2.05, 4.69) is 20.4 Å². The van der Waals surface area contributed by atoms with Gasteiger partial charge in [-0.1, -0.05) is 20.8 Å². The second kappa shape index (κ2) is 5.85. The van der Waals surface area contributed by atoms with Crippen LogP contribution >= 0.6 is 0 Å².